The normalized spacial score (nSPS) is 13.8. The fourth-order valence-electron chi connectivity index (χ4n) is 3.17. The number of rotatable bonds is 9. The third-order valence-electron chi connectivity index (χ3n) is 4.53. The second-order valence-electron chi connectivity index (χ2n) is 6.63. The first-order chi connectivity index (χ1) is 13.9. The smallest absolute Gasteiger partial charge is 0.177 e. The highest BCUT2D eigenvalue weighted by atomic mass is 79.9. The summed E-state index contributed by atoms with van der Waals surface area (Å²) >= 11 is 9.82. The number of aromatic nitrogens is 1. The molecule has 0 aliphatic carbocycles. The van der Waals surface area contributed by atoms with Crippen molar-refractivity contribution in [2.24, 2.45) is 15.1 Å². The summed E-state index contributed by atoms with van der Waals surface area (Å²) in [5, 5.41) is 16.0. The molecule has 0 amide bonds. The lowest BCUT2D eigenvalue weighted by Gasteiger charge is -2.24. The van der Waals surface area contributed by atoms with Gasteiger partial charge in [-0.1, -0.05) is 23.8 Å². The Morgan fingerprint density at radius 1 is 1.38 bits per heavy atom. The molecule has 8 heteroatoms. The maximum Gasteiger partial charge on any atom is 0.177 e. The van der Waals surface area contributed by atoms with Crippen LogP contribution >= 0.6 is 27.5 Å². The number of aryl methyl sites for hydroxylation is 2. The second kappa shape index (κ2) is 11.2. The van der Waals surface area contributed by atoms with E-state index in [1.54, 1.807) is 12.4 Å². The highest BCUT2D eigenvalue weighted by molar-refractivity contribution is 9.10. The standard InChI is InChI=1S/C21H25BrClN5O/c1-5-25-20-19(17(22)11-26-21(20)24-4)18(12-27-29)28-16(10-23)9-15-7-6-13(2)8-14(15)3/h5-8,11-12,16,18,28-29H,4,9-10H2,1-3H3/b25-5?,27-12-/t16-,18?/m1/s1. The zero-order valence-corrected chi connectivity index (χ0v) is 19.1. The minimum absolute atomic E-state index is 0.0697. The third-order valence-corrected chi connectivity index (χ3v) is 5.53. The van der Waals surface area contributed by atoms with Crippen molar-refractivity contribution in [1.82, 2.24) is 10.3 Å². The Balaban J connectivity index is 2.42. The van der Waals surface area contributed by atoms with Crippen molar-refractivity contribution in [3.8, 4) is 0 Å². The predicted molar refractivity (Wildman–Crippen MR) is 125 cm³/mol. The molecule has 0 radical (unpaired) electrons. The van der Waals surface area contributed by atoms with Crippen molar-refractivity contribution >= 4 is 58.2 Å². The molecule has 2 N–H and O–H groups in total. The van der Waals surface area contributed by atoms with Crippen molar-refractivity contribution in [2.45, 2.75) is 39.3 Å². The molecule has 0 bridgehead atoms. The molecule has 0 fully saturated rings. The zero-order chi connectivity index (χ0) is 21.4. The lowest BCUT2D eigenvalue weighted by molar-refractivity contribution is 0.318. The fraction of sp³-hybridized carbons (Fsp3) is 0.333. The summed E-state index contributed by atoms with van der Waals surface area (Å²) in [6.07, 6.45) is 5.42. The SMILES string of the molecule is C=Nc1ncc(Br)c(C(/C=N\O)N[C@@H](CCl)Cc2ccc(C)cc2C)c1N=CC. The molecule has 1 unspecified atom stereocenters. The molecular weight excluding hydrogens is 454 g/mol. The van der Waals surface area contributed by atoms with Crippen molar-refractivity contribution in [1.29, 1.82) is 0 Å². The number of nitrogens with zero attached hydrogens (tertiary/aromatic N) is 4. The summed E-state index contributed by atoms with van der Waals surface area (Å²) in [4.78, 5) is 12.6. The maximum atomic E-state index is 9.28. The topological polar surface area (TPSA) is 82.2 Å². The van der Waals surface area contributed by atoms with Gasteiger partial charge in [0.05, 0.1) is 12.3 Å². The molecule has 0 spiro atoms. The molecule has 2 atom stereocenters. The van der Waals surface area contributed by atoms with Crippen LogP contribution in [0.5, 0.6) is 0 Å². The van der Waals surface area contributed by atoms with Gasteiger partial charge in [-0.15, -0.1) is 16.8 Å². The molecule has 0 saturated carbocycles. The van der Waals surface area contributed by atoms with Gasteiger partial charge >= 0.3 is 0 Å². The molecular formula is C21H25BrClN5O. The molecule has 2 aromatic rings. The van der Waals surface area contributed by atoms with Crippen LogP contribution in [0.25, 0.3) is 0 Å². The van der Waals surface area contributed by atoms with E-state index in [-0.39, 0.29) is 6.04 Å². The van der Waals surface area contributed by atoms with E-state index in [0.29, 0.717) is 21.9 Å². The average molecular weight is 479 g/mol. The van der Waals surface area contributed by atoms with Gasteiger partial charge in [0.2, 0.25) is 0 Å². The van der Waals surface area contributed by atoms with Gasteiger partial charge in [0, 0.05) is 34.4 Å². The number of halogens is 2. The van der Waals surface area contributed by atoms with E-state index in [0.717, 1.165) is 12.0 Å². The Labute approximate surface area is 185 Å². The van der Waals surface area contributed by atoms with Crippen LogP contribution in [-0.2, 0) is 6.42 Å². The Morgan fingerprint density at radius 2 is 2.14 bits per heavy atom. The monoisotopic (exact) mass is 477 g/mol. The van der Waals surface area contributed by atoms with Crippen LogP contribution in [0.2, 0.25) is 0 Å². The van der Waals surface area contributed by atoms with E-state index >= 15 is 0 Å². The Bertz CT molecular complexity index is 916. The van der Waals surface area contributed by atoms with Crippen LogP contribution in [0.15, 0.2) is 44.0 Å². The van der Waals surface area contributed by atoms with Crippen LogP contribution in [0.3, 0.4) is 0 Å². The molecule has 29 heavy (non-hydrogen) atoms. The van der Waals surface area contributed by atoms with E-state index in [2.05, 4.69) is 80.1 Å². The minimum Gasteiger partial charge on any atom is -0.411 e. The number of alkyl halides is 1. The number of oxime groups is 1. The van der Waals surface area contributed by atoms with Gasteiger partial charge in [-0.25, -0.2) is 9.98 Å². The average Bonchev–Trinajstić information content (AvgIpc) is 2.69. The molecule has 0 aliphatic rings. The van der Waals surface area contributed by atoms with E-state index in [9.17, 15) is 5.21 Å². The summed E-state index contributed by atoms with van der Waals surface area (Å²) in [6.45, 7) is 9.55. The van der Waals surface area contributed by atoms with Crippen molar-refractivity contribution in [2.75, 3.05) is 5.88 Å². The van der Waals surface area contributed by atoms with Crippen LogP contribution in [0, 0.1) is 13.8 Å². The number of hydrogen-bond acceptors (Lipinski definition) is 6. The van der Waals surface area contributed by atoms with E-state index in [4.69, 9.17) is 11.6 Å². The Morgan fingerprint density at radius 3 is 2.72 bits per heavy atom. The van der Waals surface area contributed by atoms with E-state index in [1.807, 2.05) is 6.92 Å². The van der Waals surface area contributed by atoms with Gasteiger partial charge in [0.15, 0.2) is 5.82 Å². The first-order valence-electron chi connectivity index (χ1n) is 9.14. The fourth-order valence-corrected chi connectivity index (χ4v) is 3.90. The molecule has 6 nitrogen and oxygen atoms in total. The molecule has 1 heterocycles. The minimum atomic E-state index is -0.467. The number of hydrogen-bond donors (Lipinski definition) is 2. The van der Waals surface area contributed by atoms with Crippen molar-refractivity contribution in [3.63, 3.8) is 0 Å². The summed E-state index contributed by atoms with van der Waals surface area (Å²) < 4.78 is 0.711. The van der Waals surface area contributed by atoms with Gasteiger partial charge in [0.25, 0.3) is 0 Å². The van der Waals surface area contributed by atoms with Crippen LogP contribution in [0.4, 0.5) is 11.5 Å². The first-order valence-corrected chi connectivity index (χ1v) is 10.5. The van der Waals surface area contributed by atoms with E-state index < -0.39 is 6.04 Å². The van der Waals surface area contributed by atoms with Gasteiger partial charge in [-0.05, 0) is 61.0 Å². The van der Waals surface area contributed by atoms with Gasteiger partial charge in [-0.2, -0.15) is 0 Å². The number of nitrogens with one attached hydrogen (secondary N) is 1. The lowest BCUT2D eigenvalue weighted by atomic mass is 9.98. The summed E-state index contributed by atoms with van der Waals surface area (Å²) in [7, 11) is 0. The number of aliphatic imine (C=N–C) groups is 2. The molecule has 0 aliphatic heterocycles. The van der Waals surface area contributed by atoms with Crippen molar-refractivity contribution in [3.05, 3.63) is 51.1 Å². The third kappa shape index (κ3) is 5.95. The van der Waals surface area contributed by atoms with Crippen LogP contribution < -0.4 is 5.32 Å². The van der Waals surface area contributed by atoms with Gasteiger partial charge in [-0.3, -0.25) is 4.99 Å². The highest BCUT2D eigenvalue weighted by Gasteiger charge is 2.23. The molecule has 0 saturated heterocycles. The van der Waals surface area contributed by atoms with Crippen LogP contribution in [-0.4, -0.2) is 41.3 Å². The second-order valence-corrected chi connectivity index (χ2v) is 7.79. The van der Waals surface area contributed by atoms with Crippen LogP contribution in [0.1, 0.15) is 35.2 Å². The quantitative estimate of drug-likeness (QED) is 0.217. The Kier molecular flexibility index (Phi) is 8.95. The zero-order valence-electron chi connectivity index (χ0n) is 16.7. The summed E-state index contributed by atoms with van der Waals surface area (Å²) in [5.41, 5.74) is 4.94. The van der Waals surface area contributed by atoms with E-state index in [1.165, 1.54) is 22.9 Å². The molecule has 1 aromatic heterocycles. The van der Waals surface area contributed by atoms with Crippen molar-refractivity contribution < 1.29 is 5.21 Å². The largest absolute Gasteiger partial charge is 0.411 e. The highest BCUT2D eigenvalue weighted by Crippen LogP contribution is 2.38. The Hall–Kier alpha value is -2.09. The number of benzene rings is 1. The first kappa shape index (κ1) is 23.2. The molecule has 154 valence electrons. The predicted octanol–water partition coefficient (Wildman–Crippen LogP) is 5.46. The number of pyridine rings is 1. The van der Waals surface area contributed by atoms with Gasteiger partial charge < -0.3 is 10.5 Å². The maximum absolute atomic E-state index is 9.28. The molecule has 2 rings (SSSR count). The van der Waals surface area contributed by atoms with Gasteiger partial charge in [0.1, 0.15) is 5.69 Å². The summed E-state index contributed by atoms with van der Waals surface area (Å²) in [6, 6.07) is 5.83. The summed E-state index contributed by atoms with van der Waals surface area (Å²) in [5.74, 6) is 0.779. The molecule has 1 aromatic carbocycles. The lowest BCUT2D eigenvalue weighted by Crippen LogP contribution is -2.37.